The number of pyridine rings is 1. The Bertz CT molecular complexity index is 1910. The molecule has 2 aliphatic rings. The van der Waals surface area contributed by atoms with Crippen LogP contribution < -0.4 is 19.7 Å². The van der Waals surface area contributed by atoms with Crippen molar-refractivity contribution >= 4 is 38.4 Å². The van der Waals surface area contributed by atoms with Gasteiger partial charge in [0.25, 0.3) is 10.0 Å². The normalized spacial score (nSPS) is 15.9. The van der Waals surface area contributed by atoms with Crippen molar-refractivity contribution in [2.75, 3.05) is 42.9 Å². The van der Waals surface area contributed by atoms with Gasteiger partial charge in [0.2, 0.25) is 5.88 Å². The van der Waals surface area contributed by atoms with Gasteiger partial charge in [-0.15, -0.1) is 0 Å². The quantitative estimate of drug-likeness (QED) is 0.244. The molecule has 0 bridgehead atoms. The van der Waals surface area contributed by atoms with Gasteiger partial charge < -0.3 is 20.1 Å². The fourth-order valence-corrected chi connectivity index (χ4v) is 6.50. The topological polar surface area (TPSA) is 147 Å². The van der Waals surface area contributed by atoms with Crippen molar-refractivity contribution < 1.29 is 49.4 Å². The number of methoxy groups -OCH3 is 1. The molecule has 2 saturated heterocycles. The number of carboxylic acid groups (broad SMARTS) is 1. The van der Waals surface area contributed by atoms with Crippen molar-refractivity contribution in [3.8, 4) is 17.0 Å². The lowest BCUT2D eigenvalue weighted by Gasteiger charge is -2.48. The summed E-state index contributed by atoms with van der Waals surface area (Å²) in [6, 6.07) is 7.59. The first-order valence-corrected chi connectivity index (χ1v) is 15.3. The number of sulfonamides is 1. The Morgan fingerprint density at radius 3 is 2.19 bits per heavy atom. The van der Waals surface area contributed by atoms with E-state index in [0.717, 1.165) is 55.7 Å². The van der Waals surface area contributed by atoms with Gasteiger partial charge in [-0.1, -0.05) is 6.07 Å². The summed E-state index contributed by atoms with van der Waals surface area (Å²) >= 11 is 0. The number of piperidine rings is 1. The lowest BCUT2D eigenvalue weighted by molar-refractivity contribution is -0.192. The van der Waals surface area contributed by atoms with E-state index in [-0.39, 0.29) is 11.6 Å². The van der Waals surface area contributed by atoms with Crippen LogP contribution in [0, 0.1) is 22.9 Å². The molecule has 2 aliphatic heterocycles. The summed E-state index contributed by atoms with van der Waals surface area (Å²) in [5.41, 5.74) is 2.18. The number of carbonyl (C=O) groups is 1. The molecule has 2 aromatic carbocycles. The average molecular weight is 685 g/mol. The smallest absolute Gasteiger partial charge is 0.480 e. The first-order chi connectivity index (χ1) is 22.1. The monoisotopic (exact) mass is 684 g/mol. The molecule has 0 atom stereocenters. The molecule has 11 nitrogen and oxygen atoms in total. The molecule has 6 rings (SSSR count). The highest BCUT2D eigenvalue weighted by molar-refractivity contribution is 7.92. The largest absolute Gasteiger partial charge is 0.490 e. The standard InChI is InChI=1S/C27H25F3N6O3S.C2HF3O2/c1-39-26-23(35-40(37,38)24-20(29)10-18(28)11-21(24)30)9-17(12-32-26)16-2-3-22-19(8-16)25(34-15-33-22)36-6-4-27(5-7-36)13-31-14-27;3-2(4,5)1(6)7/h2-3,8-12,15,31,35H,4-7,13-14H2,1H3;(H,6,7). The highest BCUT2D eigenvalue weighted by Gasteiger charge is 2.40. The van der Waals surface area contributed by atoms with Gasteiger partial charge in [-0.05, 0) is 42.0 Å². The Kier molecular flexibility index (Phi) is 9.18. The molecule has 2 aromatic heterocycles. The number of carboxylic acids is 1. The van der Waals surface area contributed by atoms with Gasteiger partial charge in [-0.3, -0.25) is 4.72 Å². The minimum absolute atomic E-state index is 0.118. The number of fused-ring (bicyclic) bond motifs is 1. The van der Waals surface area contributed by atoms with Crippen LogP contribution in [0.2, 0.25) is 0 Å². The molecule has 4 aromatic rings. The summed E-state index contributed by atoms with van der Waals surface area (Å²) in [5, 5.41) is 11.3. The zero-order valence-corrected chi connectivity index (χ0v) is 25.2. The lowest BCUT2D eigenvalue weighted by atomic mass is 9.73. The number of anilines is 2. The Hall–Kier alpha value is -4.71. The summed E-state index contributed by atoms with van der Waals surface area (Å²) in [6.45, 7) is 3.86. The number of hydrogen-bond acceptors (Lipinski definition) is 9. The molecule has 0 unspecified atom stereocenters. The van der Waals surface area contributed by atoms with Crippen LogP contribution >= 0.6 is 0 Å². The van der Waals surface area contributed by atoms with Crippen molar-refractivity contribution in [1.29, 1.82) is 0 Å². The van der Waals surface area contributed by atoms with Crippen LogP contribution in [0.25, 0.3) is 22.0 Å². The molecular formula is C29H26F6N6O5S. The SMILES string of the molecule is COc1ncc(-c2ccc3ncnc(N4CCC5(CC4)CNC5)c3c2)cc1NS(=O)(=O)c1c(F)cc(F)cc1F.O=C(O)C(F)(F)F. The van der Waals surface area contributed by atoms with E-state index in [4.69, 9.17) is 14.6 Å². The van der Waals surface area contributed by atoms with E-state index < -0.39 is 44.5 Å². The molecule has 3 N–H and O–H groups in total. The molecule has 4 heterocycles. The van der Waals surface area contributed by atoms with E-state index in [9.17, 15) is 34.8 Å². The molecular weight excluding hydrogens is 658 g/mol. The van der Waals surface area contributed by atoms with Crippen LogP contribution in [-0.2, 0) is 14.8 Å². The van der Waals surface area contributed by atoms with Gasteiger partial charge in [-0.25, -0.2) is 41.3 Å². The number of rotatable bonds is 6. The third-order valence-corrected chi connectivity index (χ3v) is 9.25. The van der Waals surface area contributed by atoms with Gasteiger partial charge in [0.15, 0.2) is 4.90 Å². The number of ether oxygens (including phenoxy) is 1. The Morgan fingerprint density at radius 1 is 1.00 bits per heavy atom. The Labute approximate surface area is 263 Å². The predicted molar refractivity (Wildman–Crippen MR) is 157 cm³/mol. The van der Waals surface area contributed by atoms with E-state index in [2.05, 4.69) is 29.9 Å². The highest BCUT2D eigenvalue weighted by atomic mass is 32.2. The van der Waals surface area contributed by atoms with Crippen LogP contribution in [-0.4, -0.2) is 73.9 Å². The minimum atomic E-state index is -5.08. The second-order valence-corrected chi connectivity index (χ2v) is 12.5. The summed E-state index contributed by atoms with van der Waals surface area (Å²) in [5.74, 6) is -6.42. The van der Waals surface area contributed by atoms with Crippen LogP contribution in [0.3, 0.4) is 0 Å². The van der Waals surface area contributed by atoms with E-state index in [1.54, 1.807) is 6.33 Å². The highest BCUT2D eigenvalue weighted by Crippen LogP contribution is 2.38. The summed E-state index contributed by atoms with van der Waals surface area (Å²) in [7, 11) is -3.53. The Morgan fingerprint density at radius 2 is 1.64 bits per heavy atom. The first-order valence-electron chi connectivity index (χ1n) is 13.8. The van der Waals surface area contributed by atoms with E-state index in [1.807, 2.05) is 18.2 Å². The number of aromatic nitrogens is 3. The Balaban J connectivity index is 0.000000559. The number of nitrogens with one attached hydrogen (secondary N) is 2. The van der Waals surface area contributed by atoms with Crippen molar-refractivity contribution in [2.45, 2.75) is 23.9 Å². The van der Waals surface area contributed by atoms with Crippen LogP contribution in [0.5, 0.6) is 5.88 Å². The number of hydrogen-bond donors (Lipinski definition) is 3. The third-order valence-electron chi connectivity index (χ3n) is 7.83. The van der Waals surface area contributed by atoms with E-state index >= 15 is 0 Å². The molecule has 250 valence electrons. The van der Waals surface area contributed by atoms with E-state index in [0.29, 0.717) is 28.7 Å². The van der Waals surface area contributed by atoms with Crippen LogP contribution in [0.1, 0.15) is 12.8 Å². The van der Waals surface area contributed by atoms with Crippen LogP contribution in [0.4, 0.5) is 37.8 Å². The maximum atomic E-state index is 14.3. The van der Waals surface area contributed by atoms with Gasteiger partial charge in [0.05, 0.1) is 12.6 Å². The number of aliphatic carboxylic acids is 1. The average Bonchev–Trinajstić information content (AvgIpc) is 2.98. The summed E-state index contributed by atoms with van der Waals surface area (Å²) in [4.78, 5) is 23.0. The number of benzene rings is 2. The van der Waals surface area contributed by atoms with Gasteiger partial charge in [-0.2, -0.15) is 13.2 Å². The van der Waals surface area contributed by atoms with Crippen molar-refractivity contribution in [2.24, 2.45) is 5.41 Å². The second-order valence-electron chi connectivity index (χ2n) is 10.9. The second kappa shape index (κ2) is 12.8. The maximum Gasteiger partial charge on any atom is 0.490 e. The molecule has 47 heavy (non-hydrogen) atoms. The fraction of sp³-hybridized carbons (Fsp3) is 0.310. The molecule has 0 amide bonds. The predicted octanol–water partition coefficient (Wildman–Crippen LogP) is 4.74. The molecule has 2 fully saturated rings. The summed E-state index contributed by atoms with van der Waals surface area (Å²) in [6.07, 6.45) is 0.107. The van der Waals surface area contributed by atoms with E-state index in [1.165, 1.54) is 19.4 Å². The molecule has 0 radical (unpaired) electrons. The summed E-state index contributed by atoms with van der Waals surface area (Å²) < 4.78 is 107. The fourth-order valence-electron chi connectivity index (χ4n) is 5.33. The number of nitrogens with zero attached hydrogens (tertiary/aromatic N) is 4. The van der Waals surface area contributed by atoms with Crippen LogP contribution in [0.15, 0.2) is 53.8 Å². The van der Waals surface area contributed by atoms with Crippen molar-refractivity contribution in [3.63, 3.8) is 0 Å². The third kappa shape index (κ3) is 7.17. The first kappa shape index (κ1) is 33.6. The van der Waals surface area contributed by atoms with Gasteiger partial charge in [0.1, 0.15) is 35.3 Å². The minimum Gasteiger partial charge on any atom is -0.480 e. The molecule has 1 spiro atoms. The molecule has 18 heteroatoms. The number of alkyl halides is 3. The molecule has 0 saturated carbocycles. The zero-order chi connectivity index (χ0) is 34.1. The lowest BCUT2D eigenvalue weighted by Crippen LogP contribution is -2.58. The maximum absolute atomic E-state index is 14.3. The number of halogens is 6. The zero-order valence-electron chi connectivity index (χ0n) is 24.4. The van der Waals surface area contributed by atoms with Crippen molar-refractivity contribution in [3.05, 3.63) is 66.4 Å². The van der Waals surface area contributed by atoms with Crippen molar-refractivity contribution in [1.82, 2.24) is 20.3 Å². The van der Waals surface area contributed by atoms with Gasteiger partial charge >= 0.3 is 12.1 Å². The van der Waals surface area contributed by atoms with Gasteiger partial charge in [0, 0.05) is 55.5 Å². The molecule has 0 aliphatic carbocycles.